The number of anilines is 2. The van der Waals surface area contributed by atoms with Crippen molar-refractivity contribution in [3.8, 4) is 11.1 Å². The zero-order valence-corrected chi connectivity index (χ0v) is 17.6. The van der Waals surface area contributed by atoms with Crippen LogP contribution in [-0.4, -0.2) is 44.0 Å². The first-order chi connectivity index (χ1) is 14.9. The molecule has 4 nitrogen and oxygen atoms in total. The summed E-state index contributed by atoms with van der Waals surface area (Å²) in [6.07, 6.45) is 1.14. The molecule has 1 aliphatic rings. The van der Waals surface area contributed by atoms with Crippen LogP contribution in [0.1, 0.15) is 16.8 Å². The number of carbonyl (C=O) groups excluding carboxylic acids is 1. The van der Waals surface area contributed by atoms with Crippen LogP contribution in [0, 0.1) is 11.6 Å². The Morgan fingerprint density at radius 1 is 0.935 bits per heavy atom. The van der Waals surface area contributed by atoms with Crippen LogP contribution in [0.4, 0.5) is 20.2 Å². The lowest BCUT2D eigenvalue weighted by atomic mass is 10.0. The first kappa shape index (κ1) is 21.0. The van der Waals surface area contributed by atoms with Gasteiger partial charge in [0.15, 0.2) is 11.6 Å². The average Bonchev–Trinajstić information content (AvgIpc) is 3.27. The van der Waals surface area contributed by atoms with Gasteiger partial charge in [-0.05, 0) is 80.2 Å². The summed E-state index contributed by atoms with van der Waals surface area (Å²) < 4.78 is 26.6. The van der Waals surface area contributed by atoms with Crippen molar-refractivity contribution in [2.45, 2.75) is 12.5 Å². The van der Waals surface area contributed by atoms with E-state index in [1.54, 1.807) is 24.3 Å². The second-order valence-corrected chi connectivity index (χ2v) is 8.06. The third-order valence-electron chi connectivity index (χ3n) is 5.78. The number of hydrogen-bond acceptors (Lipinski definition) is 3. The maximum absolute atomic E-state index is 13.5. The smallest absolute Gasteiger partial charge is 0.255 e. The maximum atomic E-state index is 13.5. The molecule has 31 heavy (non-hydrogen) atoms. The fourth-order valence-electron chi connectivity index (χ4n) is 3.85. The third kappa shape index (κ3) is 4.75. The highest BCUT2D eigenvalue weighted by atomic mass is 19.2. The molecule has 1 saturated heterocycles. The highest BCUT2D eigenvalue weighted by Gasteiger charge is 2.24. The quantitative estimate of drug-likeness (QED) is 0.628. The van der Waals surface area contributed by atoms with Gasteiger partial charge in [0.05, 0.1) is 0 Å². The van der Waals surface area contributed by atoms with E-state index in [9.17, 15) is 13.6 Å². The lowest BCUT2D eigenvalue weighted by Crippen LogP contribution is -2.31. The highest BCUT2D eigenvalue weighted by molar-refractivity contribution is 6.04. The Kier molecular flexibility index (Phi) is 6.00. The van der Waals surface area contributed by atoms with E-state index in [-0.39, 0.29) is 5.91 Å². The summed E-state index contributed by atoms with van der Waals surface area (Å²) in [5, 5.41) is 2.90. The molecule has 3 aromatic carbocycles. The molecule has 0 aromatic heterocycles. The first-order valence-corrected chi connectivity index (χ1v) is 10.3. The Bertz CT molecular complexity index is 1070. The second-order valence-electron chi connectivity index (χ2n) is 8.06. The van der Waals surface area contributed by atoms with Gasteiger partial charge in [-0.3, -0.25) is 4.79 Å². The molecule has 0 radical (unpaired) electrons. The number of halogens is 2. The Balaban J connectivity index is 1.39. The van der Waals surface area contributed by atoms with Gasteiger partial charge in [0.25, 0.3) is 5.91 Å². The zero-order chi connectivity index (χ0) is 22.0. The minimum absolute atomic E-state index is 0.224. The summed E-state index contributed by atoms with van der Waals surface area (Å²) >= 11 is 0. The monoisotopic (exact) mass is 421 g/mol. The van der Waals surface area contributed by atoms with Crippen LogP contribution in [-0.2, 0) is 0 Å². The fraction of sp³-hybridized carbons (Fsp3) is 0.240. The van der Waals surface area contributed by atoms with E-state index in [0.29, 0.717) is 22.7 Å². The minimum atomic E-state index is -0.895. The normalized spacial score (nSPS) is 16.0. The Labute approximate surface area is 181 Å². The number of nitrogens with one attached hydrogen (secondary N) is 1. The molecule has 0 saturated carbocycles. The SMILES string of the molecule is CN(C)C1CCN(c2ccc(NC(=O)c3ccc(-c4ccc(F)c(F)c4)cc3)cc2)C1. The molecule has 1 heterocycles. The highest BCUT2D eigenvalue weighted by Crippen LogP contribution is 2.25. The van der Waals surface area contributed by atoms with Crippen LogP contribution >= 0.6 is 0 Å². The molecular weight excluding hydrogens is 396 g/mol. The van der Waals surface area contributed by atoms with Crippen molar-refractivity contribution in [2.75, 3.05) is 37.4 Å². The molecule has 0 bridgehead atoms. The number of rotatable bonds is 5. The maximum Gasteiger partial charge on any atom is 0.255 e. The summed E-state index contributed by atoms with van der Waals surface area (Å²) in [5.74, 6) is -2.00. The minimum Gasteiger partial charge on any atom is -0.370 e. The van der Waals surface area contributed by atoms with E-state index in [0.717, 1.165) is 43.0 Å². The fourth-order valence-corrected chi connectivity index (χ4v) is 3.85. The molecule has 6 heteroatoms. The van der Waals surface area contributed by atoms with Crippen molar-refractivity contribution < 1.29 is 13.6 Å². The van der Waals surface area contributed by atoms with Crippen LogP contribution in [0.3, 0.4) is 0 Å². The van der Waals surface area contributed by atoms with Gasteiger partial charge in [0, 0.05) is 36.1 Å². The van der Waals surface area contributed by atoms with Crippen LogP contribution in [0.15, 0.2) is 66.7 Å². The number of carbonyl (C=O) groups is 1. The van der Waals surface area contributed by atoms with Crippen molar-refractivity contribution in [2.24, 2.45) is 0 Å². The van der Waals surface area contributed by atoms with Crippen molar-refractivity contribution >= 4 is 17.3 Å². The molecule has 1 aliphatic heterocycles. The second kappa shape index (κ2) is 8.86. The standard InChI is InChI=1S/C25H25F2N3O/c1-29(2)22-13-14-30(16-22)21-10-8-20(9-11-21)28-25(31)18-5-3-17(4-6-18)19-7-12-23(26)24(27)15-19/h3-12,15,22H,13-14,16H2,1-2H3,(H,28,31). The Hall–Kier alpha value is -3.25. The number of nitrogens with zero attached hydrogens (tertiary/aromatic N) is 2. The lowest BCUT2D eigenvalue weighted by Gasteiger charge is -2.22. The summed E-state index contributed by atoms with van der Waals surface area (Å²) in [5.41, 5.74) is 3.63. The molecule has 0 aliphatic carbocycles. The van der Waals surface area contributed by atoms with Gasteiger partial charge in [0.2, 0.25) is 0 Å². The summed E-state index contributed by atoms with van der Waals surface area (Å²) in [7, 11) is 4.22. The third-order valence-corrected chi connectivity index (χ3v) is 5.78. The predicted molar refractivity (Wildman–Crippen MR) is 120 cm³/mol. The molecule has 4 rings (SSSR count). The summed E-state index contributed by atoms with van der Waals surface area (Å²) in [6.45, 7) is 2.03. The largest absolute Gasteiger partial charge is 0.370 e. The molecular formula is C25H25F2N3O. The van der Waals surface area contributed by atoms with Crippen LogP contribution in [0.25, 0.3) is 11.1 Å². The van der Waals surface area contributed by atoms with E-state index in [4.69, 9.17) is 0 Å². The number of benzene rings is 3. The van der Waals surface area contributed by atoms with Crippen LogP contribution in [0.5, 0.6) is 0 Å². The molecule has 1 N–H and O–H groups in total. The number of hydrogen-bond donors (Lipinski definition) is 1. The van der Waals surface area contributed by atoms with Crippen molar-refractivity contribution in [3.05, 3.63) is 83.9 Å². The molecule has 1 amide bonds. The molecule has 160 valence electrons. The molecule has 1 unspecified atom stereocenters. The van der Waals surface area contributed by atoms with E-state index < -0.39 is 11.6 Å². The molecule has 0 spiro atoms. The first-order valence-electron chi connectivity index (χ1n) is 10.3. The van der Waals surface area contributed by atoms with Gasteiger partial charge >= 0.3 is 0 Å². The van der Waals surface area contributed by atoms with E-state index >= 15 is 0 Å². The van der Waals surface area contributed by atoms with Gasteiger partial charge < -0.3 is 15.1 Å². The number of amides is 1. The Morgan fingerprint density at radius 3 is 2.23 bits per heavy atom. The van der Waals surface area contributed by atoms with Crippen molar-refractivity contribution in [3.63, 3.8) is 0 Å². The predicted octanol–water partition coefficient (Wildman–Crippen LogP) is 5.02. The molecule has 3 aromatic rings. The van der Waals surface area contributed by atoms with Gasteiger partial charge in [-0.2, -0.15) is 0 Å². The van der Waals surface area contributed by atoms with Gasteiger partial charge in [-0.25, -0.2) is 8.78 Å². The summed E-state index contributed by atoms with van der Waals surface area (Å²) in [6, 6.07) is 19.0. The molecule has 1 fully saturated rings. The average molecular weight is 421 g/mol. The van der Waals surface area contributed by atoms with E-state index in [1.807, 2.05) is 24.3 Å². The Morgan fingerprint density at radius 2 is 1.61 bits per heavy atom. The summed E-state index contributed by atoms with van der Waals surface area (Å²) in [4.78, 5) is 17.2. The van der Waals surface area contributed by atoms with Crippen LogP contribution < -0.4 is 10.2 Å². The van der Waals surface area contributed by atoms with E-state index in [1.165, 1.54) is 6.07 Å². The van der Waals surface area contributed by atoms with Crippen molar-refractivity contribution in [1.82, 2.24) is 4.90 Å². The zero-order valence-electron chi connectivity index (χ0n) is 17.6. The van der Waals surface area contributed by atoms with E-state index in [2.05, 4.69) is 29.2 Å². The number of likely N-dealkylation sites (N-methyl/N-ethyl adjacent to an activating group) is 1. The van der Waals surface area contributed by atoms with Gasteiger partial charge in [0.1, 0.15) is 0 Å². The van der Waals surface area contributed by atoms with Crippen LogP contribution in [0.2, 0.25) is 0 Å². The molecule has 1 atom stereocenters. The van der Waals surface area contributed by atoms with Gasteiger partial charge in [-0.1, -0.05) is 18.2 Å². The van der Waals surface area contributed by atoms with Gasteiger partial charge in [-0.15, -0.1) is 0 Å². The van der Waals surface area contributed by atoms with Crippen molar-refractivity contribution in [1.29, 1.82) is 0 Å². The topological polar surface area (TPSA) is 35.6 Å². The lowest BCUT2D eigenvalue weighted by molar-refractivity contribution is 0.102.